The number of benzene rings is 2. The van der Waals surface area contributed by atoms with Gasteiger partial charge in [0.15, 0.2) is 0 Å². The highest BCUT2D eigenvalue weighted by Gasteiger charge is 2.39. The summed E-state index contributed by atoms with van der Waals surface area (Å²) in [6.45, 7) is 5.35. The third-order valence-electron chi connectivity index (χ3n) is 4.85. The van der Waals surface area contributed by atoms with Gasteiger partial charge >= 0.3 is 14.5 Å². The van der Waals surface area contributed by atoms with Gasteiger partial charge in [0.2, 0.25) is 0 Å². The van der Waals surface area contributed by atoms with Crippen molar-refractivity contribution >= 4 is 19.7 Å². The lowest BCUT2D eigenvalue weighted by molar-refractivity contribution is 0.0235. The molecule has 1 unspecified atom stereocenters. The molecule has 0 aliphatic rings. The van der Waals surface area contributed by atoms with Crippen LogP contribution in [0.4, 0.5) is 0 Å². The summed E-state index contributed by atoms with van der Waals surface area (Å²) in [6.07, 6.45) is 2.24. The van der Waals surface area contributed by atoms with Crippen molar-refractivity contribution in [2.75, 3.05) is 19.8 Å². The quantitative estimate of drug-likeness (QED) is 0.338. The Morgan fingerprint density at radius 3 is 2.16 bits per heavy atom. The largest absolute Gasteiger partial charge is 0.508 e. The minimum atomic E-state index is -2.63. The van der Waals surface area contributed by atoms with Gasteiger partial charge in [0.05, 0.1) is 11.7 Å². The predicted molar refractivity (Wildman–Crippen MR) is 123 cm³/mol. The first kappa shape index (κ1) is 25.1. The van der Waals surface area contributed by atoms with Gasteiger partial charge in [-0.1, -0.05) is 44.2 Å². The minimum Gasteiger partial charge on any atom is -0.508 e. The van der Waals surface area contributed by atoms with Crippen molar-refractivity contribution in [3.05, 3.63) is 60.2 Å². The van der Waals surface area contributed by atoms with Gasteiger partial charge < -0.3 is 23.8 Å². The van der Waals surface area contributed by atoms with Gasteiger partial charge in [0, 0.05) is 13.2 Å². The standard InChI is InChI=1S/C24H34O6Si/c1-3-16-29-31(30-17-4-2,23-10-6-5-7-11-23)18-8-9-22(26)19-28-24(27)20-12-14-21(25)15-13-20/h5-7,10-15,22,25-26H,3-4,8-9,16-19H2,1-2H3. The Morgan fingerprint density at radius 2 is 1.58 bits per heavy atom. The molecule has 31 heavy (non-hydrogen) atoms. The summed E-state index contributed by atoms with van der Waals surface area (Å²) in [7, 11) is -2.63. The summed E-state index contributed by atoms with van der Waals surface area (Å²) in [5, 5.41) is 20.7. The highest BCUT2D eigenvalue weighted by atomic mass is 28.4. The normalized spacial score (nSPS) is 12.5. The van der Waals surface area contributed by atoms with Crippen LogP contribution in [0.25, 0.3) is 0 Å². The molecule has 7 heteroatoms. The molecule has 2 rings (SSSR count). The van der Waals surface area contributed by atoms with E-state index >= 15 is 0 Å². The molecule has 2 aromatic rings. The zero-order valence-corrected chi connectivity index (χ0v) is 19.5. The van der Waals surface area contributed by atoms with Crippen LogP contribution in [-0.2, 0) is 13.6 Å². The Balaban J connectivity index is 1.92. The van der Waals surface area contributed by atoms with Crippen LogP contribution in [0.1, 0.15) is 49.9 Å². The van der Waals surface area contributed by atoms with E-state index < -0.39 is 20.6 Å². The van der Waals surface area contributed by atoms with Crippen molar-refractivity contribution in [2.45, 2.75) is 51.7 Å². The molecule has 1 atom stereocenters. The number of esters is 1. The van der Waals surface area contributed by atoms with Gasteiger partial charge in [0.25, 0.3) is 0 Å². The van der Waals surface area contributed by atoms with Gasteiger partial charge in [-0.3, -0.25) is 0 Å². The first-order valence-electron chi connectivity index (χ1n) is 11.0. The first-order valence-corrected chi connectivity index (χ1v) is 13.0. The van der Waals surface area contributed by atoms with E-state index in [0.29, 0.717) is 31.6 Å². The molecule has 6 nitrogen and oxygen atoms in total. The molecule has 0 bridgehead atoms. The lowest BCUT2D eigenvalue weighted by atomic mass is 10.2. The van der Waals surface area contributed by atoms with E-state index in [1.165, 1.54) is 24.3 Å². The molecule has 0 aromatic heterocycles. The van der Waals surface area contributed by atoms with Crippen LogP contribution in [0, 0.1) is 0 Å². The van der Waals surface area contributed by atoms with E-state index in [4.69, 9.17) is 13.6 Å². The topological polar surface area (TPSA) is 85.2 Å². The number of hydrogen-bond donors (Lipinski definition) is 2. The summed E-state index contributed by atoms with van der Waals surface area (Å²) >= 11 is 0. The SMILES string of the molecule is CCCO[Si](CCCC(O)COC(=O)c1ccc(O)cc1)(OCCC)c1ccccc1. The number of aliphatic hydroxyl groups excluding tert-OH is 1. The lowest BCUT2D eigenvalue weighted by Crippen LogP contribution is -2.54. The Kier molecular flexibility index (Phi) is 10.7. The molecular formula is C24H34O6Si. The van der Waals surface area contributed by atoms with Gasteiger partial charge in [0.1, 0.15) is 12.4 Å². The predicted octanol–water partition coefficient (Wildman–Crippen LogP) is 3.89. The molecule has 0 saturated carbocycles. The van der Waals surface area contributed by atoms with Crippen molar-refractivity contribution in [1.82, 2.24) is 0 Å². The molecule has 0 heterocycles. The van der Waals surface area contributed by atoms with Crippen LogP contribution in [0.2, 0.25) is 6.04 Å². The van der Waals surface area contributed by atoms with Gasteiger partial charge in [-0.25, -0.2) is 4.79 Å². The van der Waals surface area contributed by atoms with Crippen LogP contribution in [0.5, 0.6) is 5.75 Å². The van der Waals surface area contributed by atoms with Crippen LogP contribution >= 0.6 is 0 Å². The Morgan fingerprint density at radius 1 is 0.968 bits per heavy atom. The van der Waals surface area contributed by atoms with Gasteiger partial charge in [-0.05, 0) is 61.2 Å². The fraction of sp³-hybridized carbons (Fsp3) is 0.458. The van der Waals surface area contributed by atoms with E-state index in [1.807, 2.05) is 18.2 Å². The average Bonchev–Trinajstić information content (AvgIpc) is 2.80. The number of carbonyl (C=O) groups is 1. The second-order valence-corrected chi connectivity index (χ2v) is 10.7. The minimum absolute atomic E-state index is 0.0781. The summed E-state index contributed by atoms with van der Waals surface area (Å²) in [5.41, 5.74) is 0.335. The van der Waals surface area contributed by atoms with E-state index in [0.717, 1.165) is 24.1 Å². The molecule has 0 amide bonds. The Hall–Kier alpha value is -2.19. The number of rotatable bonds is 14. The summed E-state index contributed by atoms with van der Waals surface area (Å²) in [5.74, 6) is -0.442. The monoisotopic (exact) mass is 446 g/mol. The number of hydrogen-bond acceptors (Lipinski definition) is 6. The zero-order chi connectivity index (χ0) is 22.5. The molecule has 0 saturated heterocycles. The van der Waals surface area contributed by atoms with E-state index in [2.05, 4.69) is 26.0 Å². The smallest absolute Gasteiger partial charge is 0.372 e. The van der Waals surface area contributed by atoms with Crippen molar-refractivity contribution in [2.24, 2.45) is 0 Å². The second kappa shape index (κ2) is 13.3. The molecule has 0 spiro atoms. The average molecular weight is 447 g/mol. The van der Waals surface area contributed by atoms with Crippen molar-refractivity contribution in [1.29, 1.82) is 0 Å². The Labute approximate surface area is 186 Å². The summed E-state index contributed by atoms with van der Waals surface area (Å²) in [6, 6.07) is 16.6. The lowest BCUT2D eigenvalue weighted by Gasteiger charge is -2.31. The van der Waals surface area contributed by atoms with E-state index in [-0.39, 0.29) is 12.4 Å². The fourth-order valence-electron chi connectivity index (χ4n) is 3.23. The Bertz CT molecular complexity index is 757. The first-order chi connectivity index (χ1) is 15.0. The number of ether oxygens (including phenoxy) is 1. The molecule has 0 aliphatic carbocycles. The zero-order valence-electron chi connectivity index (χ0n) is 18.5. The number of phenolic OH excluding ortho intramolecular Hbond substituents is 1. The number of phenols is 1. The highest BCUT2D eigenvalue weighted by molar-refractivity contribution is 6.81. The number of aromatic hydroxyl groups is 1. The van der Waals surface area contributed by atoms with Crippen molar-refractivity contribution in [3.63, 3.8) is 0 Å². The van der Waals surface area contributed by atoms with Crippen molar-refractivity contribution in [3.8, 4) is 5.75 Å². The molecule has 2 N–H and O–H groups in total. The van der Waals surface area contributed by atoms with Crippen molar-refractivity contribution < 1.29 is 28.6 Å². The maximum atomic E-state index is 12.1. The van der Waals surface area contributed by atoms with Crippen LogP contribution < -0.4 is 5.19 Å². The number of carbonyl (C=O) groups excluding carboxylic acids is 1. The molecule has 170 valence electrons. The maximum absolute atomic E-state index is 12.1. The van der Waals surface area contributed by atoms with E-state index in [9.17, 15) is 15.0 Å². The third kappa shape index (κ3) is 8.10. The molecule has 0 radical (unpaired) electrons. The van der Waals surface area contributed by atoms with Crippen LogP contribution in [0.15, 0.2) is 54.6 Å². The van der Waals surface area contributed by atoms with E-state index in [1.54, 1.807) is 0 Å². The third-order valence-corrected chi connectivity index (χ3v) is 8.41. The molecule has 0 aliphatic heterocycles. The maximum Gasteiger partial charge on any atom is 0.372 e. The molecule has 2 aromatic carbocycles. The van der Waals surface area contributed by atoms with Crippen LogP contribution in [0.3, 0.4) is 0 Å². The molecular weight excluding hydrogens is 412 g/mol. The fourth-order valence-corrected chi connectivity index (χ4v) is 6.66. The summed E-state index contributed by atoms with van der Waals surface area (Å²) in [4.78, 5) is 12.1. The van der Waals surface area contributed by atoms with Crippen LogP contribution in [-0.4, -0.2) is 50.7 Å². The number of aliphatic hydroxyl groups is 1. The van der Waals surface area contributed by atoms with Gasteiger partial charge in [-0.15, -0.1) is 0 Å². The molecule has 0 fully saturated rings. The highest BCUT2D eigenvalue weighted by Crippen LogP contribution is 2.20. The summed E-state index contributed by atoms with van der Waals surface area (Å²) < 4.78 is 17.9. The second-order valence-electron chi connectivity index (χ2n) is 7.51. The van der Waals surface area contributed by atoms with Gasteiger partial charge in [-0.2, -0.15) is 0 Å².